The number of benzene rings is 1. The molecule has 0 unspecified atom stereocenters. The van der Waals surface area contributed by atoms with Crippen molar-refractivity contribution in [3.8, 4) is 0 Å². The fourth-order valence-electron chi connectivity index (χ4n) is 1.58. The van der Waals surface area contributed by atoms with E-state index in [0.29, 0.717) is 5.57 Å². The summed E-state index contributed by atoms with van der Waals surface area (Å²) in [5, 5.41) is 2.26. The molecule has 0 aromatic heterocycles. The van der Waals surface area contributed by atoms with Crippen LogP contribution in [0.3, 0.4) is 0 Å². The zero-order valence-electron chi connectivity index (χ0n) is 8.41. The van der Waals surface area contributed by atoms with E-state index in [1.165, 1.54) is 0 Å². The summed E-state index contributed by atoms with van der Waals surface area (Å²) in [6.45, 7) is 1.99. The summed E-state index contributed by atoms with van der Waals surface area (Å²) in [4.78, 5) is 22.2. The van der Waals surface area contributed by atoms with Crippen LogP contribution in [0, 0.1) is 6.92 Å². The Bertz CT molecular complexity index is 460. The molecule has 15 heavy (non-hydrogen) atoms. The maximum Gasteiger partial charge on any atom is 0.254 e. The Labute approximate surface area is 87.8 Å². The van der Waals surface area contributed by atoms with Crippen LogP contribution in [0.2, 0.25) is 0 Å². The topological polar surface area (TPSA) is 46.2 Å². The summed E-state index contributed by atoms with van der Waals surface area (Å²) in [5.74, 6) is -0.500. The van der Waals surface area contributed by atoms with Gasteiger partial charge in [0, 0.05) is 5.57 Å². The van der Waals surface area contributed by atoms with Gasteiger partial charge in [0.2, 0.25) is 5.91 Å². The van der Waals surface area contributed by atoms with E-state index in [2.05, 4.69) is 5.32 Å². The van der Waals surface area contributed by atoms with Crippen molar-refractivity contribution in [2.24, 2.45) is 0 Å². The third kappa shape index (κ3) is 2.13. The lowest BCUT2D eigenvalue weighted by atomic mass is 10.1. The summed E-state index contributed by atoms with van der Waals surface area (Å²) in [5.41, 5.74) is 2.62. The summed E-state index contributed by atoms with van der Waals surface area (Å²) >= 11 is 0. The molecular weight excluding hydrogens is 190 g/mol. The van der Waals surface area contributed by atoms with Crippen LogP contribution < -0.4 is 5.32 Å². The van der Waals surface area contributed by atoms with Crippen molar-refractivity contribution in [1.82, 2.24) is 5.32 Å². The van der Waals surface area contributed by atoms with Crippen molar-refractivity contribution in [3.63, 3.8) is 0 Å². The Kier molecular flexibility index (Phi) is 2.37. The number of imide groups is 1. The Balaban J connectivity index is 2.31. The number of nitrogens with one attached hydrogen (secondary N) is 1. The Morgan fingerprint density at radius 3 is 2.73 bits per heavy atom. The monoisotopic (exact) mass is 201 g/mol. The molecule has 1 saturated heterocycles. The minimum atomic E-state index is -0.276. The predicted molar refractivity (Wildman–Crippen MR) is 56.9 cm³/mol. The number of aryl methyl sites for hydroxylation is 1. The molecule has 1 fully saturated rings. The lowest BCUT2D eigenvalue weighted by Crippen LogP contribution is -2.19. The first-order valence-electron chi connectivity index (χ1n) is 4.76. The molecule has 0 radical (unpaired) electrons. The quantitative estimate of drug-likeness (QED) is 0.551. The number of hydrogen-bond acceptors (Lipinski definition) is 2. The van der Waals surface area contributed by atoms with Crippen molar-refractivity contribution in [3.05, 3.63) is 41.0 Å². The summed E-state index contributed by atoms with van der Waals surface area (Å²) in [6, 6.07) is 7.80. The minimum absolute atomic E-state index is 0.187. The maximum atomic E-state index is 11.3. The molecule has 1 heterocycles. The molecule has 1 aromatic carbocycles. The molecular formula is C12H11NO2. The van der Waals surface area contributed by atoms with Gasteiger partial charge in [-0.1, -0.05) is 29.8 Å². The minimum Gasteiger partial charge on any atom is -0.292 e. The van der Waals surface area contributed by atoms with Crippen molar-refractivity contribution in [2.45, 2.75) is 13.3 Å². The summed E-state index contributed by atoms with van der Waals surface area (Å²) < 4.78 is 0. The molecule has 3 heteroatoms. The van der Waals surface area contributed by atoms with Gasteiger partial charge in [0.15, 0.2) is 0 Å². The standard InChI is InChI=1S/C12H11NO2/c1-8-3-2-4-9(5-8)6-10-7-11(14)13-12(10)15/h2-6H,7H2,1H3,(H,13,14,15). The third-order valence-electron chi connectivity index (χ3n) is 2.28. The average molecular weight is 201 g/mol. The van der Waals surface area contributed by atoms with Crippen LogP contribution >= 0.6 is 0 Å². The molecule has 1 aromatic rings. The van der Waals surface area contributed by atoms with Crippen LogP contribution in [0.4, 0.5) is 0 Å². The molecule has 1 aliphatic rings. The van der Waals surface area contributed by atoms with Crippen molar-refractivity contribution in [2.75, 3.05) is 0 Å². The lowest BCUT2D eigenvalue weighted by molar-refractivity contribution is -0.124. The smallest absolute Gasteiger partial charge is 0.254 e. The normalized spacial score (nSPS) is 18.3. The first kappa shape index (κ1) is 9.65. The second-order valence-electron chi connectivity index (χ2n) is 3.64. The van der Waals surface area contributed by atoms with E-state index in [9.17, 15) is 9.59 Å². The molecule has 2 amide bonds. The molecule has 76 valence electrons. The van der Waals surface area contributed by atoms with Crippen LogP contribution in [-0.4, -0.2) is 11.8 Å². The zero-order valence-corrected chi connectivity index (χ0v) is 8.41. The van der Waals surface area contributed by atoms with E-state index in [1.807, 2.05) is 31.2 Å². The Morgan fingerprint density at radius 1 is 1.33 bits per heavy atom. The number of hydrogen-bond donors (Lipinski definition) is 1. The van der Waals surface area contributed by atoms with E-state index in [-0.39, 0.29) is 18.2 Å². The van der Waals surface area contributed by atoms with Crippen molar-refractivity contribution < 1.29 is 9.59 Å². The molecule has 0 bridgehead atoms. The summed E-state index contributed by atoms with van der Waals surface area (Å²) in [7, 11) is 0. The molecule has 1 aliphatic heterocycles. The first-order valence-corrected chi connectivity index (χ1v) is 4.76. The number of carbonyl (C=O) groups excluding carboxylic acids is 2. The largest absolute Gasteiger partial charge is 0.292 e. The van der Waals surface area contributed by atoms with Crippen LogP contribution in [0.25, 0.3) is 6.08 Å². The van der Waals surface area contributed by atoms with Gasteiger partial charge in [0.05, 0.1) is 6.42 Å². The SMILES string of the molecule is Cc1cccc(C=C2CC(=O)NC2=O)c1. The highest BCUT2D eigenvalue weighted by atomic mass is 16.2. The van der Waals surface area contributed by atoms with E-state index in [4.69, 9.17) is 0 Å². The average Bonchev–Trinajstić information content (AvgIpc) is 2.45. The number of carbonyl (C=O) groups is 2. The Hall–Kier alpha value is -1.90. The van der Waals surface area contributed by atoms with Crippen molar-refractivity contribution in [1.29, 1.82) is 0 Å². The molecule has 3 nitrogen and oxygen atoms in total. The van der Waals surface area contributed by atoms with Gasteiger partial charge in [-0.3, -0.25) is 14.9 Å². The molecule has 0 spiro atoms. The molecule has 0 aliphatic carbocycles. The lowest BCUT2D eigenvalue weighted by Gasteiger charge is -1.96. The van der Waals surface area contributed by atoms with Gasteiger partial charge in [0.1, 0.15) is 0 Å². The van der Waals surface area contributed by atoms with Gasteiger partial charge in [0.25, 0.3) is 5.91 Å². The van der Waals surface area contributed by atoms with Gasteiger partial charge >= 0.3 is 0 Å². The highest BCUT2D eigenvalue weighted by molar-refractivity contribution is 6.15. The fourth-order valence-corrected chi connectivity index (χ4v) is 1.58. The second-order valence-corrected chi connectivity index (χ2v) is 3.64. The van der Waals surface area contributed by atoms with E-state index >= 15 is 0 Å². The van der Waals surface area contributed by atoms with Crippen LogP contribution in [0.5, 0.6) is 0 Å². The molecule has 2 rings (SSSR count). The van der Waals surface area contributed by atoms with Gasteiger partial charge in [-0.05, 0) is 18.6 Å². The predicted octanol–water partition coefficient (Wildman–Crippen LogP) is 1.42. The number of amides is 2. The zero-order chi connectivity index (χ0) is 10.8. The second kappa shape index (κ2) is 3.69. The maximum absolute atomic E-state index is 11.3. The van der Waals surface area contributed by atoms with E-state index < -0.39 is 0 Å². The highest BCUT2D eigenvalue weighted by Crippen LogP contribution is 2.15. The van der Waals surface area contributed by atoms with Crippen LogP contribution in [0.15, 0.2) is 29.8 Å². The van der Waals surface area contributed by atoms with Gasteiger partial charge in [-0.25, -0.2) is 0 Å². The van der Waals surface area contributed by atoms with Crippen LogP contribution in [0.1, 0.15) is 17.5 Å². The molecule has 0 saturated carbocycles. The van der Waals surface area contributed by atoms with Gasteiger partial charge < -0.3 is 0 Å². The molecule has 1 N–H and O–H groups in total. The van der Waals surface area contributed by atoms with Gasteiger partial charge in [-0.15, -0.1) is 0 Å². The first-order chi connectivity index (χ1) is 7.15. The Morgan fingerprint density at radius 2 is 2.13 bits per heavy atom. The van der Waals surface area contributed by atoms with Crippen LogP contribution in [-0.2, 0) is 9.59 Å². The van der Waals surface area contributed by atoms with E-state index in [0.717, 1.165) is 11.1 Å². The third-order valence-corrected chi connectivity index (χ3v) is 2.28. The van der Waals surface area contributed by atoms with E-state index in [1.54, 1.807) is 6.08 Å². The van der Waals surface area contributed by atoms with Gasteiger partial charge in [-0.2, -0.15) is 0 Å². The number of rotatable bonds is 1. The van der Waals surface area contributed by atoms with Crippen molar-refractivity contribution >= 4 is 17.9 Å². The highest BCUT2D eigenvalue weighted by Gasteiger charge is 2.23. The summed E-state index contributed by atoms with van der Waals surface area (Å²) in [6.07, 6.45) is 1.94. The fraction of sp³-hybridized carbons (Fsp3) is 0.167. The molecule has 0 atom stereocenters.